The number of aliphatic imine (C=N–C) groups is 1. The number of rotatable bonds is 7. The number of halogens is 1. The summed E-state index contributed by atoms with van der Waals surface area (Å²) in [6.07, 6.45) is 5.61. The number of guanidine groups is 1. The van der Waals surface area contributed by atoms with Gasteiger partial charge in [-0.05, 0) is 54.5 Å². The molecule has 0 aromatic heterocycles. The fourth-order valence-corrected chi connectivity index (χ4v) is 4.81. The van der Waals surface area contributed by atoms with Gasteiger partial charge in [-0.25, -0.2) is 0 Å². The Bertz CT molecular complexity index is 956. The zero-order chi connectivity index (χ0) is 23.0. The van der Waals surface area contributed by atoms with E-state index >= 15 is 0 Å². The third-order valence-corrected chi connectivity index (χ3v) is 6.64. The molecule has 1 amide bonds. The van der Waals surface area contributed by atoms with Gasteiger partial charge in [0.2, 0.25) is 5.91 Å². The molecule has 0 atom stereocenters. The minimum Gasteiger partial charge on any atom is -0.372 e. The molecule has 0 aliphatic carbocycles. The Kier molecular flexibility index (Phi) is 10.0. The molecule has 6 nitrogen and oxygen atoms in total. The van der Waals surface area contributed by atoms with Crippen LogP contribution in [-0.4, -0.2) is 55.4 Å². The summed E-state index contributed by atoms with van der Waals surface area (Å²) in [4.78, 5) is 23.0. The maximum absolute atomic E-state index is 11.9. The number of carbonyl (C=O) groups is 1. The summed E-state index contributed by atoms with van der Waals surface area (Å²) in [5.74, 6) is 1.14. The Morgan fingerprint density at radius 3 is 2.38 bits per heavy atom. The summed E-state index contributed by atoms with van der Waals surface area (Å²) < 4.78 is 0. The highest BCUT2D eigenvalue weighted by Gasteiger charge is 2.20. The van der Waals surface area contributed by atoms with Gasteiger partial charge in [0.05, 0.1) is 0 Å². The van der Waals surface area contributed by atoms with Gasteiger partial charge in [-0.2, -0.15) is 0 Å². The van der Waals surface area contributed by atoms with Crippen molar-refractivity contribution >= 4 is 41.5 Å². The van der Waals surface area contributed by atoms with Crippen LogP contribution in [-0.2, 0) is 24.4 Å². The fourth-order valence-electron chi connectivity index (χ4n) is 4.81. The molecule has 2 heterocycles. The molecule has 2 aliphatic heterocycles. The standard InChI is InChI=1S/C27H37N5O.HI/c1-28-27(29-19-23-8-6-9-24(18-23)21-32-17-7-10-26(32)33)30(2)20-22-11-13-25(14-12-22)31-15-4-3-5-16-31;/h6,8-9,11-14,18H,3-5,7,10,15-17,19-21H2,1-2H3,(H,28,29);1H. The van der Waals surface area contributed by atoms with Crippen molar-refractivity contribution in [2.24, 2.45) is 4.99 Å². The molecule has 0 saturated carbocycles. The maximum atomic E-state index is 11.9. The van der Waals surface area contributed by atoms with E-state index in [1.807, 2.05) is 11.9 Å². The predicted octanol–water partition coefficient (Wildman–Crippen LogP) is 4.62. The van der Waals surface area contributed by atoms with Crippen LogP contribution in [0.4, 0.5) is 5.69 Å². The molecule has 0 radical (unpaired) electrons. The van der Waals surface area contributed by atoms with Crippen LogP contribution < -0.4 is 10.2 Å². The van der Waals surface area contributed by atoms with E-state index in [9.17, 15) is 4.79 Å². The Labute approximate surface area is 221 Å². The number of nitrogens with one attached hydrogen (secondary N) is 1. The summed E-state index contributed by atoms with van der Waals surface area (Å²) in [5, 5.41) is 3.49. The van der Waals surface area contributed by atoms with Gasteiger partial charge < -0.3 is 20.0 Å². The van der Waals surface area contributed by atoms with Crippen molar-refractivity contribution in [1.82, 2.24) is 15.1 Å². The second kappa shape index (κ2) is 13.0. The van der Waals surface area contributed by atoms with Gasteiger partial charge in [0.25, 0.3) is 0 Å². The van der Waals surface area contributed by atoms with Crippen molar-refractivity contribution < 1.29 is 4.79 Å². The second-order valence-electron chi connectivity index (χ2n) is 9.21. The number of hydrogen-bond acceptors (Lipinski definition) is 3. The molecule has 2 fully saturated rings. The Hall–Kier alpha value is -2.29. The molecule has 0 spiro atoms. The van der Waals surface area contributed by atoms with Crippen molar-refractivity contribution in [1.29, 1.82) is 0 Å². The van der Waals surface area contributed by atoms with E-state index in [1.54, 1.807) is 0 Å². The van der Waals surface area contributed by atoms with Crippen LogP contribution in [0.3, 0.4) is 0 Å². The van der Waals surface area contributed by atoms with E-state index in [-0.39, 0.29) is 29.9 Å². The average Bonchev–Trinajstić information content (AvgIpc) is 3.25. The van der Waals surface area contributed by atoms with E-state index in [2.05, 4.69) is 75.7 Å². The molecule has 1 N–H and O–H groups in total. The summed E-state index contributed by atoms with van der Waals surface area (Å²) >= 11 is 0. The van der Waals surface area contributed by atoms with Crippen molar-refractivity contribution in [3.63, 3.8) is 0 Å². The number of hydrogen-bond donors (Lipinski definition) is 1. The lowest BCUT2D eigenvalue weighted by molar-refractivity contribution is -0.128. The smallest absolute Gasteiger partial charge is 0.222 e. The lowest BCUT2D eigenvalue weighted by Crippen LogP contribution is -2.38. The highest BCUT2D eigenvalue weighted by Crippen LogP contribution is 2.21. The zero-order valence-electron chi connectivity index (χ0n) is 20.5. The van der Waals surface area contributed by atoms with Crippen LogP contribution in [0.5, 0.6) is 0 Å². The quantitative estimate of drug-likeness (QED) is 0.298. The topological polar surface area (TPSA) is 51.2 Å². The highest BCUT2D eigenvalue weighted by molar-refractivity contribution is 14.0. The number of amides is 1. The molecular weight excluding hydrogens is 537 g/mol. The van der Waals surface area contributed by atoms with Gasteiger partial charge in [0.1, 0.15) is 0 Å². The number of anilines is 1. The lowest BCUT2D eigenvalue weighted by atomic mass is 10.1. The molecule has 2 saturated heterocycles. The van der Waals surface area contributed by atoms with Gasteiger partial charge in [-0.3, -0.25) is 9.79 Å². The summed E-state index contributed by atoms with van der Waals surface area (Å²) in [6, 6.07) is 17.4. The molecule has 0 unspecified atom stereocenters. The molecule has 2 aromatic carbocycles. The molecule has 34 heavy (non-hydrogen) atoms. The number of piperidine rings is 1. The first-order chi connectivity index (χ1) is 16.1. The molecule has 2 aliphatic rings. The van der Waals surface area contributed by atoms with Gasteiger partial charge in [0, 0.05) is 65.5 Å². The first-order valence-electron chi connectivity index (χ1n) is 12.2. The zero-order valence-corrected chi connectivity index (χ0v) is 22.8. The highest BCUT2D eigenvalue weighted by atomic mass is 127. The summed E-state index contributed by atoms with van der Waals surface area (Å²) in [6.45, 7) is 5.42. The monoisotopic (exact) mass is 575 g/mol. The van der Waals surface area contributed by atoms with Crippen molar-refractivity contribution in [2.75, 3.05) is 38.6 Å². The largest absolute Gasteiger partial charge is 0.372 e. The van der Waals surface area contributed by atoms with Crippen LogP contribution >= 0.6 is 24.0 Å². The van der Waals surface area contributed by atoms with Crippen LogP contribution in [0, 0.1) is 0 Å². The van der Waals surface area contributed by atoms with Crippen molar-refractivity contribution in [3.05, 3.63) is 65.2 Å². The number of carbonyl (C=O) groups excluding carboxylic acids is 1. The molecule has 0 bridgehead atoms. The average molecular weight is 576 g/mol. The Morgan fingerprint density at radius 1 is 0.971 bits per heavy atom. The summed E-state index contributed by atoms with van der Waals surface area (Å²) in [5.41, 5.74) is 4.99. The molecular formula is C27H38IN5O. The molecule has 184 valence electrons. The van der Waals surface area contributed by atoms with E-state index < -0.39 is 0 Å². The van der Waals surface area contributed by atoms with Crippen molar-refractivity contribution in [3.8, 4) is 0 Å². The number of benzene rings is 2. The Balaban J connectivity index is 0.00000324. The van der Waals surface area contributed by atoms with E-state index in [1.165, 1.54) is 54.7 Å². The van der Waals surface area contributed by atoms with E-state index in [4.69, 9.17) is 0 Å². The molecule has 7 heteroatoms. The maximum Gasteiger partial charge on any atom is 0.222 e. The van der Waals surface area contributed by atoms with Gasteiger partial charge in [-0.15, -0.1) is 24.0 Å². The van der Waals surface area contributed by atoms with Gasteiger partial charge in [0.15, 0.2) is 5.96 Å². The molecule has 4 rings (SSSR count). The van der Waals surface area contributed by atoms with Crippen LogP contribution in [0.1, 0.15) is 48.8 Å². The number of likely N-dealkylation sites (tertiary alicyclic amines) is 1. The van der Waals surface area contributed by atoms with Crippen LogP contribution in [0.2, 0.25) is 0 Å². The minimum absolute atomic E-state index is 0. The second-order valence-corrected chi connectivity index (χ2v) is 9.21. The van der Waals surface area contributed by atoms with Crippen LogP contribution in [0.15, 0.2) is 53.5 Å². The third kappa shape index (κ3) is 7.10. The minimum atomic E-state index is 0. The van der Waals surface area contributed by atoms with Gasteiger partial charge >= 0.3 is 0 Å². The van der Waals surface area contributed by atoms with Crippen molar-refractivity contribution in [2.45, 2.75) is 51.7 Å². The van der Waals surface area contributed by atoms with Crippen LogP contribution in [0.25, 0.3) is 0 Å². The van der Waals surface area contributed by atoms with E-state index in [0.717, 1.165) is 25.5 Å². The normalized spacial score (nSPS) is 16.4. The predicted molar refractivity (Wildman–Crippen MR) is 151 cm³/mol. The SMILES string of the molecule is CN=C(NCc1cccc(CN2CCCC2=O)c1)N(C)Cc1ccc(N2CCCCC2)cc1.I. The van der Waals surface area contributed by atoms with Gasteiger partial charge in [-0.1, -0.05) is 36.4 Å². The molecule has 2 aromatic rings. The number of nitrogens with zero attached hydrogens (tertiary/aromatic N) is 4. The summed E-state index contributed by atoms with van der Waals surface area (Å²) in [7, 11) is 3.90. The fraction of sp³-hybridized carbons (Fsp3) is 0.481. The Morgan fingerprint density at radius 2 is 1.71 bits per heavy atom. The first kappa shape index (κ1) is 26.3. The third-order valence-electron chi connectivity index (χ3n) is 6.64. The van der Waals surface area contributed by atoms with E-state index in [0.29, 0.717) is 19.5 Å². The first-order valence-corrected chi connectivity index (χ1v) is 12.2. The lowest BCUT2D eigenvalue weighted by Gasteiger charge is -2.29.